The van der Waals surface area contributed by atoms with Crippen molar-refractivity contribution in [2.24, 2.45) is 5.73 Å². The molecule has 1 aliphatic heterocycles. The number of carbonyl (C=O) groups excluding carboxylic acids is 1. The smallest absolute Gasteiger partial charge is 0.221 e. The van der Waals surface area contributed by atoms with Crippen LogP contribution in [0.15, 0.2) is 18.2 Å². The Labute approximate surface area is 163 Å². The summed E-state index contributed by atoms with van der Waals surface area (Å²) in [6.07, 6.45) is 0.324. The van der Waals surface area contributed by atoms with Crippen LogP contribution in [0, 0.1) is 5.82 Å². The van der Waals surface area contributed by atoms with E-state index in [-0.39, 0.29) is 24.9 Å². The molecule has 0 spiro atoms. The number of nitrogens with one attached hydrogen (secondary N) is 1. The summed E-state index contributed by atoms with van der Waals surface area (Å²) in [6, 6.07) is 4.13. The number of nitrogens with two attached hydrogens (primary N) is 1. The first-order chi connectivity index (χ1) is 12.5. The van der Waals surface area contributed by atoms with Gasteiger partial charge in [-0.2, -0.15) is 5.10 Å². The number of alkyl halides is 1. The third-order valence-electron chi connectivity index (χ3n) is 4.12. The maximum atomic E-state index is 13.4. The van der Waals surface area contributed by atoms with Crippen LogP contribution in [0.4, 0.5) is 8.78 Å². The summed E-state index contributed by atoms with van der Waals surface area (Å²) < 4.78 is 28.0. The highest BCUT2D eigenvalue weighted by atomic mass is 35.5. The zero-order chi connectivity index (χ0) is 19.3. The summed E-state index contributed by atoms with van der Waals surface area (Å²) in [5.74, 6) is -1.02. The number of halogens is 3. The number of benzene rings is 1. The Bertz CT molecular complexity index is 779. The van der Waals surface area contributed by atoms with Gasteiger partial charge in [-0.05, 0) is 24.6 Å². The first kappa shape index (κ1) is 23.0. The predicted octanol–water partition coefficient (Wildman–Crippen LogP) is 4.04. The van der Waals surface area contributed by atoms with Gasteiger partial charge in [-0.3, -0.25) is 13.9 Å². The van der Waals surface area contributed by atoms with Crippen molar-refractivity contribution in [2.75, 3.05) is 13.2 Å². The normalized spacial score (nSPS) is 15.2. The molecule has 1 aromatic carbocycles. The fourth-order valence-corrected chi connectivity index (χ4v) is 3.20. The molecule has 27 heavy (non-hydrogen) atoms. The van der Waals surface area contributed by atoms with Gasteiger partial charge < -0.3 is 11.1 Å². The van der Waals surface area contributed by atoms with Crippen LogP contribution in [-0.4, -0.2) is 28.9 Å². The second-order valence-electron chi connectivity index (χ2n) is 5.75. The van der Waals surface area contributed by atoms with E-state index in [0.717, 1.165) is 5.69 Å². The third-order valence-corrected chi connectivity index (χ3v) is 4.41. The number of hydrogen-bond donors (Lipinski definition) is 2. The van der Waals surface area contributed by atoms with Gasteiger partial charge in [0, 0.05) is 24.2 Å². The molecular weight excluding hydrogens is 374 g/mol. The molecule has 5 nitrogen and oxygen atoms in total. The summed E-state index contributed by atoms with van der Waals surface area (Å²) in [7, 11) is 0. The highest BCUT2D eigenvalue weighted by molar-refractivity contribution is 6.31. The number of hydrogen-bond acceptors (Lipinski definition) is 3. The molecule has 3 N–H and O–H groups in total. The monoisotopic (exact) mass is 400 g/mol. The molecule has 1 unspecified atom stereocenters. The number of fused-ring (bicyclic) bond motifs is 1. The van der Waals surface area contributed by atoms with Crippen molar-refractivity contribution in [3.8, 4) is 11.3 Å². The van der Waals surface area contributed by atoms with Gasteiger partial charge in [0.05, 0.1) is 35.5 Å². The molecule has 1 aliphatic rings. The van der Waals surface area contributed by atoms with E-state index in [1.807, 2.05) is 13.8 Å². The van der Waals surface area contributed by atoms with Crippen molar-refractivity contribution in [3.05, 3.63) is 40.3 Å². The van der Waals surface area contributed by atoms with Gasteiger partial charge in [-0.25, -0.2) is 4.39 Å². The van der Waals surface area contributed by atoms with E-state index in [9.17, 15) is 13.6 Å². The number of primary amides is 1. The third kappa shape index (κ3) is 5.05. The Morgan fingerprint density at radius 1 is 1.44 bits per heavy atom. The van der Waals surface area contributed by atoms with Crippen LogP contribution in [-0.2, 0) is 17.8 Å². The minimum atomic E-state index is -0.530. The second kappa shape index (κ2) is 10.4. The Kier molecular flexibility index (Phi) is 8.85. The summed E-state index contributed by atoms with van der Waals surface area (Å²) in [4.78, 5) is 11.5. The molecule has 1 aromatic heterocycles. The van der Waals surface area contributed by atoms with Crippen LogP contribution in [0.2, 0.25) is 5.02 Å². The van der Waals surface area contributed by atoms with Gasteiger partial charge in [0.2, 0.25) is 5.91 Å². The molecule has 0 bridgehead atoms. The van der Waals surface area contributed by atoms with Crippen molar-refractivity contribution >= 4 is 17.5 Å². The fraction of sp³-hybridized carbons (Fsp3) is 0.474. The van der Waals surface area contributed by atoms with E-state index < -0.39 is 18.4 Å². The van der Waals surface area contributed by atoms with Gasteiger partial charge in [0.25, 0.3) is 0 Å². The SMILES string of the molecule is C.CC.NC(=O)Cc1c(-c2ccc(F)c(Cl)c2)nn2c1CNCC2CCF. The first-order valence-electron chi connectivity index (χ1n) is 8.62. The lowest BCUT2D eigenvalue weighted by Gasteiger charge is -2.25. The van der Waals surface area contributed by atoms with E-state index >= 15 is 0 Å². The Morgan fingerprint density at radius 2 is 2.15 bits per heavy atom. The molecule has 2 heterocycles. The maximum Gasteiger partial charge on any atom is 0.221 e. The van der Waals surface area contributed by atoms with Crippen LogP contribution in [0.25, 0.3) is 11.3 Å². The molecule has 1 atom stereocenters. The number of nitrogens with zero attached hydrogens (tertiary/aromatic N) is 2. The molecule has 0 aliphatic carbocycles. The van der Waals surface area contributed by atoms with Crippen LogP contribution >= 0.6 is 11.6 Å². The highest BCUT2D eigenvalue weighted by Gasteiger charge is 2.27. The molecule has 0 saturated carbocycles. The number of aromatic nitrogens is 2. The Balaban J connectivity index is 0.00000118. The van der Waals surface area contributed by atoms with Crippen molar-refractivity contribution in [1.29, 1.82) is 0 Å². The summed E-state index contributed by atoms with van der Waals surface area (Å²) >= 11 is 5.86. The summed E-state index contributed by atoms with van der Waals surface area (Å²) in [6.45, 7) is 4.64. The summed E-state index contributed by atoms with van der Waals surface area (Å²) in [5, 5.41) is 7.75. The van der Waals surface area contributed by atoms with Crippen molar-refractivity contribution in [1.82, 2.24) is 15.1 Å². The molecule has 2 aromatic rings. The predicted molar refractivity (Wildman–Crippen MR) is 105 cm³/mol. The van der Waals surface area contributed by atoms with Crippen molar-refractivity contribution in [2.45, 2.75) is 46.7 Å². The molecule has 150 valence electrons. The lowest BCUT2D eigenvalue weighted by molar-refractivity contribution is -0.117. The number of amides is 1. The number of rotatable bonds is 5. The second-order valence-corrected chi connectivity index (χ2v) is 6.16. The van der Waals surface area contributed by atoms with Gasteiger partial charge in [0.1, 0.15) is 5.82 Å². The van der Waals surface area contributed by atoms with Gasteiger partial charge in [-0.15, -0.1) is 0 Å². The topological polar surface area (TPSA) is 72.9 Å². The highest BCUT2D eigenvalue weighted by Crippen LogP contribution is 2.32. The van der Waals surface area contributed by atoms with E-state index in [4.69, 9.17) is 17.3 Å². The minimum Gasteiger partial charge on any atom is -0.369 e. The fourth-order valence-electron chi connectivity index (χ4n) is 3.02. The van der Waals surface area contributed by atoms with Gasteiger partial charge >= 0.3 is 0 Å². The van der Waals surface area contributed by atoms with Crippen LogP contribution in [0.5, 0.6) is 0 Å². The Hall–Kier alpha value is -1.99. The molecule has 3 rings (SSSR count). The van der Waals surface area contributed by atoms with E-state index in [1.54, 1.807) is 10.7 Å². The van der Waals surface area contributed by atoms with Gasteiger partial charge in [0.15, 0.2) is 0 Å². The largest absolute Gasteiger partial charge is 0.369 e. The molecule has 0 radical (unpaired) electrons. The average Bonchev–Trinajstić information content (AvgIpc) is 2.98. The molecular formula is C19H27ClF2N4O. The molecule has 1 amide bonds. The van der Waals surface area contributed by atoms with Crippen molar-refractivity contribution < 1.29 is 13.6 Å². The molecule has 0 fully saturated rings. The van der Waals surface area contributed by atoms with Crippen LogP contribution < -0.4 is 11.1 Å². The van der Waals surface area contributed by atoms with Crippen LogP contribution in [0.3, 0.4) is 0 Å². The lowest BCUT2D eigenvalue weighted by Crippen LogP contribution is -2.34. The maximum absolute atomic E-state index is 13.4. The van der Waals surface area contributed by atoms with Crippen molar-refractivity contribution in [3.63, 3.8) is 0 Å². The minimum absolute atomic E-state index is 0. The van der Waals surface area contributed by atoms with E-state index in [0.29, 0.717) is 36.3 Å². The van der Waals surface area contributed by atoms with Crippen LogP contribution in [0.1, 0.15) is 45.0 Å². The van der Waals surface area contributed by atoms with E-state index in [2.05, 4.69) is 10.4 Å². The van der Waals surface area contributed by atoms with E-state index in [1.165, 1.54) is 12.1 Å². The number of carbonyl (C=O) groups is 1. The average molecular weight is 401 g/mol. The zero-order valence-electron chi connectivity index (χ0n) is 14.9. The lowest BCUT2D eigenvalue weighted by atomic mass is 10.0. The first-order valence-corrected chi connectivity index (χ1v) is 8.99. The standard InChI is InChI=1S/C16H17ClF2N4O.C2H6.CH4/c17-12-5-9(1-2-13(12)19)16-11(6-15(20)24)14-8-21-7-10(3-4-18)23(14)22-16;1-2;/h1-2,5,10,21H,3-4,6-8H2,(H2,20,24);1-2H3;1H4. The quantitative estimate of drug-likeness (QED) is 0.795. The molecule has 0 saturated heterocycles. The summed E-state index contributed by atoms with van der Waals surface area (Å²) in [5.41, 5.74) is 7.96. The zero-order valence-corrected chi connectivity index (χ0v) is 15.6. The van der Waals surface area contributed by atoms with Gasteiger partial charge in [-0.1, -0.05) is 32.9 Å². The molecule has 8 heteroatoms. The Morgan fingerprint density at radius 3 is 2.74 bits per heavy atom.